The van der Waals surface area contributed by atoms with Gasteiger partial charge in [0.25, 0.3) is 0 Å². The number of aliphatic hydroxyl groups excluding tert-OH is 1. The summed E-state index contributed by atoms with van der Waals surface area (Å²) in [4.78, 5) is 14.9. The normalized spacial score (nSPS) is 29.1. The molecule has 8 heteroatoms. The number of aliphatic hydroxyl groups is 1. The van der Waals surface area contributed by atoms with Gasteiger partial charge in [-0.3, -0.25) is 4.79 Å². The van der Waals surface area contributed by atoms with Crippen LogP contribution in [-0.4, -0.2) is 49.2 Å². The Hall–Kier alpha value is -1.64. The summed E-state index contributed by atoms with van der Waals surface area (Å²) in [5.74, 6) is -0.0476. The summed E-state index contributed by atoms with van der Waals surface area (Å²) in [6.45, 7) is 4.29. The third-order valence-electron chi connectivity index (χ3n) is 5.94. The summed E-state index contributed by atoms with van der Waals surface area (Å²) >= 11 is 0. The number of halogens is 3. The van der Waals surface area contributed by atoms with Crippen LogP contribution in [0.15, 0.2) is 24.3 Å². The first-order chi connectivity index (χ1) is 13.6. The van der Waals surface area contributed by atoms with E-state index in [-0.39, 0.29) is 23.7 Å². The zero-order valence-electron chi connectivity index (χ0n) is 16.9. The monoisotopic (exact) mass is 415 g/mol. The van der Waals surface area contributed by atoms with Crippen molar-refractivity contribution in [1.82, 2.24) is 0 Å². The van der Waals surface area contributed by atoms with Crippen molar-refractivity contribution in [3.05, 3.63) is 29.8 Å². The molecule has 4 unspecified atom stereocenters. The van der Waals surface area contributed by atoms with E-state index in [0.717, 1.165) is 7.11 Å². The second-order valence-corrected chi connectivity index (χ2v) is 8.27. The number of methoxy groups -OCH3 is 1. The number of anilines is 1. The van der Waals surface area contributed by atoms with Crippen molar-refractivity contribution in [1.29, 1.82) is 0 Å². The van der Waals surface area contributed by atoms with E-state index in [1.165, 1.54) is 24.3 Å². The molecule has 1 saturated carbocycles. The molecule has 1 saturated heterocycles. The van der Waals surface area contributed by atoms with Gasteiger partial charge in [0.1, 0.15) is 0 Å². The van der Waals surface area contributed by atoms with Gasteiger partial charge in [-0.25, -0.2) is 0 Å². The van der Waals surface area contributed by atoms with Crippen molar-refractivity contribution in [2.75, 3.05) is 18.6 Å². The number of hydrogen-bond donors (Lipinski definition) is 1. The van der Waals surface area contributed by atoms with Gasteiger partial charge in [0.05, 0.1) is 23.7 Å². The van der Waals surface area contributed by atoms with Crippen LogP contribution in [0.2, 0.25) is 0 Å². The molecule has 162 valence electrons. The van der Waals surface area contributed by atoms with Crippen LogP contribution in [0, 0.1) is 5.41 Å². The molecule has 0 bridgehead atoms. The van der Waals surface area contributed by atoms with Gasteiger partial charge in [0.2, 0.25) is 5.91 Å². The fourth-order valence-corrected chi connectivity index (χ4v) is 4.50. The molecule has 1 heterocycles. The van der Waals surface area contributed by atoms with Crippen LogP contribution < -0.4 is 4.90 Å². The van der Waals surface area contributed by atoms with E-state index in [1.807, 2.05) is 13.8 Å². The highest BCUT2D eigenvalue weighted by Gasteiger charge is 2.52. The van der Waals surface area contributed by atoms with Crippen LogP contribution >= 0.6 is 0 Å². The van der Waals surface area contributed by atoms with Crippen molar-refractivity contribution in [3.63, 3.8) is 0 Å². The van der Waals surface area contributed by atoms with Gasteiger partial charge in [-0.2, -0.15) is 13.2 Å². The number of carbonyl (C=O) groups is 1. The number of nitrogens with zero attached hydrogens (tertiary/aromatic N) is 1. The Morgan fingerprint density at radius 1 is 1.21 bits per heavy atom. The maximum atomic E-state index is 13.2. The summed E-state index contributed by atoms with van der Waals surface area (Å²) in [5.41, 5.74) is -0.0187. The van der Waals surface area contributed by atoms with Gasteiger partial charge in [0, 0.05) is 19.3 Å². The van der Waals surface area contributed by atoms with E-state index >= 15 is 0 Å². The maximum Gasteiger partial charge on any atom is 0.418 e. The Balaban J connectivity index is 1.76. The molecule has 2 aliphatic rings. The molecule has 0 radical (unpaired) electrons. The third-order valence-corrected chi connectivity index (χ3v) is 5.94. The molecule has 0 aromatic heterocycles. The first-order valence-corrected chi connectivity index (χ1v) is 9.92. The Bertz CT molecular complexity index is 722. The van der Waals surface area contributed by atoms with Crippen molar-refractivity contribution < 1.29 is 32.5 Å². The van der Waals surface area contributed by atoms with Gasteiger partial charge < -0.3 is 19.5 Å². The number of amides is 1. The molecule has 29 heavy (non-hydrogen) atoms. The minimum Gasteiger partial charge on any atom is -0.390 e. The van der Waals surface area contributed by atoms with Crippen LogP contribution in [0.1, 0.15) is 51.2 Å². The molecule has 1 aromatic rings. The Labute approximate surface area is 168 Å². The van der Waals surface area contributed by atoms with Crippen molar-refractivity contribution in [3.8, 4) is 0 Å². The average Bonchev–Trinajstić information content (AvgIpc) is 2.94. The lowest BCUT2D eigenvalue weighted by Crippen LogP contribution is -2.46. The van der Waals surface area contributed by atoms with Gasteiger partial charge in [0.15, 0.2) is 6.10 Å². The summed E-state index contributed by atoms with van der Waals surface area (Å²) in [7, 11) is 1.02. The zero-order valence-corrected chi connectivity index (χ0v) is 16.9. The van der Waals surface area contributed by atoms with E-state index in [0.29, 0.717) is 37.9 Å². The molecule has 1 N–H and O–H groups in total. The van der Waals surface area contributed by atoms with Gasteiger partial charge >= 0.3 is 6.18 Å². The summed E-state index contributed by atoms with van der Waals surface area (Å²) in [6.07, 6.45) is -5.34. The number of hydrogen-bond acceptors (Lipinski definition) is 4. The second kappa shape index (κ2) is 8.24. The minimum absolute atomic E-state index is 0.00343. The largest absolute Gasteiger partial charge is 0.418 e. The molecular weight excluding hydrogens is 387 g/mol. The highest BCUT2D eigenvalue weighted by molar-refractivity contribution is 6.00. The van der Waals surface area contributed by atoms with Crippen molar-refractivity contribution in [2.45, 2.75) is 70.1 Å². The maximum absolute atomic E-state index is 13.2. The molecule has 1 aliphatic carbocycles. The van der Waals surface area contributed by atoms with Crippen molar-refractivity contribution in [2.24, 2.45) is 5.41 Å². The molecule has 1 amide bonds. The van der Waals surface area contributed by atoms with E-state index in [4.69, 9.17) is 4.74 Å². The predicted octanol–water partition coefficient (Wildman–Crippen LogP) is 4.00. The second-order valence-electron chi connectivity index (χ2n) is 8.27. The van der Waals surface area contributed by atoms with Crippen LogP contribution in [0.5, 0.6) is 0 Å². The van der Waals surface area contributed by atoms with E-state index in [2.05, 4.69) is 4.74 Å². The van der Waals surface area contributed by atoms with E-state index < -0.39 is 23.8 Å². The van der Waals surface area contributed by atoms with Gasteiger partial charge in [-0.15, -0.1) is 0 Å². The lowest BCUT2D eigenvalue weighted by atomic mass is 9.70. The Kier molecular flexibility index (Phi) is 6.27. The first kappa shape index (κ1) is 22.1. The number of alkyl halides is 3. The first-order valence-electron chi connectivity index (χ1n) is 9.92. The number of ether oxygens (including phenoxy) is 2. The number of benzene rings is 1. The third kappa shape index (κ3) is 4.44. The molecular formula is C21H28F3NO4. The molecule has 2 fully saturated rings. The zero-order chi connectivity index (χ0) is 21.4. The Morgan fingerprint density at radius 3 is 2.41 bits per heavy atom. The predicted molar refractivity (Wildman–Crippen MR) is 102 cm³/mol. The SMILES string of the molecule is COC(c1ccc(N2CCC3(CCC(O)C(OC(C)C)C3)C2=O)cc1)C(F)(F)F. The molecule has 3 rings (SSSR count). The van der Waals surface area contributed by atoms with Crippen LogP contribution in [0.4, 0.5) is 18.9 Å². The fraction of sp³-hybridized carbons (Fsp3) is 0.667. The minimum atomic E-state index is -4.50. The van der Waals surface area contributed by atoms with Crippen LogP contribution in [-0.2, 0) is 14.3 Å². The quantitative estimate of drug-likeness (QED) is 0.790. The van der Waals surface area contributed by atoms with Gasteiger partial charge in [-0.05, 0) is 57.2 Å². The average molecular weight is 415 g/mol. The molecule has 5 nitrogen and oxygen atoms in total. The summed E-state index contributed by atoms with van der Waals surface area (Å²) < 4.78 is 49.5. The highest BCUT2D eigenvalue weighted by Crippen LogP contribution is 2.47. The van der Waals surface area contributed by atoms with Gasteiger partial charge in [-0.1, -0.05) is 12.1 Å². The molecule has 1 aromatic carbocycles. The van der Waals surface area contributed by atoms with Crippen LogP contribution in [0.25, 0.3) is 0 Å². The Morgan fingerprint density at radius 2 is 1.86 bits per heavy atom. The topological polar surface area (TPSA) is 59.0 Å². The highest BCUT2D eigenvalue weighted by atomic mass is 19.4. The molecule has 1 spiro atoms. The van der Waals surface area contributed by atoms with E-state index in [9.17, 15) is 23.1 Å². The number of rotatable bonds is 5. The number of carbonyl (C=O) groups excluding carboxylic acids is 1. The molecule has 1 aliphatic heterocycles. The standard InChI is InChI=1S/C21H28F3NO4/c1-13(2)29-17-12-20(9-8-16(17)26)10-11-25(19(20)27)15-6-4-14(5-7-15)18(28-3)21(22,23)24/h4-7,13,16-18,26H,8-12H2,1-3H3. The van der Waals surface area contributed by atoms with E-state index in [1.54, 1.807) is 4.90 Å². The lowest BCUT2D eigenvalue weighted by molar-refractivity contribution is -0.215. The fourth-order valence-electron chi connectivity index (χ4n) is 4.50. The smallest absolute Gasteiger partial charge is 0.390 e. The van der Waals surface area contributed by atoms with Crippen molar-refractivity contribution >= 4 is 11.6 Å². The summed E-state index contributed by atoms with van der Waals surface area (Å²) in [5, 5.41) is 10.2. The molecule has 4 atom stereocenters. The lowest BCUT2D eigenvalue weighted by Gasteiger charge is -2.40. The summed E-state index contributed by atoms with van der Waals surface area (Å²) in [6, 6.07) is 5.77. The van der Waals surface area contributed by atoms with Crippen LogP contribution in [0.3, 0.4) is 0 Å².